The maximum Gasteiger partial charge on any atom is 0.0948 e. The predicted octanol–water partition coefficient (Wildman–Crippen LogP) is 1.32. The topological polar surface area (TPSA) is 48.5 Å². The van der Waals surface area contributed by atoms with Gasteiger partial charge in [-0.3, -0.25) is 0 Å². The first kappa shape index (κ1) is 11.1. The summed E-state index contributed by atoms with van der Waals surface area (Å²) in [4.78, 5) is 4.11. The fraction of sp³-hybridized carbons (Fsp3) is 0.500. The van der Waals surface area contributed by atoms with Gasteiger partial charge in [-0.25, -0.2) is 9.67 Å². The monoisotopic (exact) mass is 239 g/mol. The Balaban J connectivity index is 2.08. The number of hydrogen-bond donors (Lipinski definition) is 0. The van der Waals surface area contributed by atoms with Crippen molar-refractivity contribution >= 4 is 11.6 Å². The summed E-state index contributed by atoms with van der Waals surface area (Å²) >= 11 is 5.64. The zero-order valence-electron chi connectivity index (χ0n) is 9.17. The average molecular weight is 240 g/mol. The van der Waals surface area contributed by atoms with Crippen molar-refractivity contribution < 1.29 is 0 Å². The zero-order valence-corrected chi connectivity index (χ0v) is 9.93. The number of imidazole rings is 1. The molecule has 16 heavy (non-hydrogen) atoms. The largest absolute Gasteiger partial charge is 0.333 e. The summed E-state index contributed by atoms with van der Waals surface area (Å²) in [5.41, 5.74) is 2.06. The van der Waals surface area contributed by atoms with Crippen LogP contribution in [0.4, 0.5) is 0 Å². The Hall–Kier alpha value is -1.36. The Labute approximate surface area is 99.1 Å². The SMILES string of the molecule is CCn1cncc1Cn1cc(CCCl)nn1. The molecule has 0 aliphatic carbocycles. The lowest BCUT2D eigenvalue weighted by Crippen LogP contribution is -2.06. The second-order valence-corrected chi connectivity index (χ2v) is 3.90. The normalized spacial score (nSPS) is 10.9. The van der Waals surface area contributed by atoms with E-state index in [0.29, 0.717) is 12.4 Å². The number of aryl methyl sites for hydroxylation is 2. The van der Waals surface area contributed by atoms with E-state index in [4.69, 9.17) is 11.6 Å². The lowest BCUT2D eigenvalue weighted by molar-refractivity contribution is 0.602. The van der Waals surface area contributed by atoms with Crippen molar-refractivity contribution in [3.63, 3.8) is 0 Å². The van der Waals surface area contributed by atoms with Crippen molar-refractivity contribution in [1.29, 1.82) is 0 Å². The number of halogens is 1. The van der Waals surface area contributed by atoms with Gasteiger partial charge in [0.2, 0.25) is 0 Å². The van der Waals surface area contributed by atoms with Crippen LogP contribution in [0.25, 0.3) is 0 Å². The number of nitrogens with zero attached hydrogens (tertiary/aromatic N) is 5. The van der Waals surface area contributed by atoms with E-state index >= 15 is 0 Å². The maximum atomic E-state index is 5.64. The number of rotatable bonds is 5. The molecule has 0 saturated heterocycles. The second kappa shape index (κ2) is 5.12. The summed E-state index contributed by atoms with van der Waals surface area (Å²) in [6, 6.07) is 0. The molecule has 0 saturated carbocycles. The highest BCUT2D eigenvalue weighted by atomic mass is 35.5. The van der Waals surface area contributed by atoms with Crippen LogP contribution in [0.2, 0.25) is 0 Å². The van der Waals surface area contributed by atoms with Gasteiger partial charge in [-0.05, 0) is 6.92 Å². The third-order valence-electron chi connectivity index (χ3n) is 2.40. The van der Waals surface area contributed by atoms with Crippen molar-refractivity contribution in [1.82, 2.24) is 24.5 Å². The first-order valence-electron chi connectivity index (χ1n) is 5.27. The summed E-state index contributed by atoms with van der Waals surface area (Å²) in [5.74, 6) is 0.575. The molecular weight excluding hydrogens is 226 g/mol. The van der Waals surface area contributed by atoms with Gasteiger partial charge in [0.1, 0.15) is 0 Å². The van der Waals surface area contributed by atoms with Gasteiger partial charge in [0.05, 0.1) is 30.5 Å². The van der Waals surface area contributed by atoms with E-state index in [1.54, 1.807) is 0 Å². The Bertz CT molecular complexity index is 448. The van der Waals surface area contributed by atoms with E-state index in [1.165, 1.54) is 0 Å². The minimum absolute atomic E-state index is 0.575. The summed E-state index contributed by atoms with van der Waals surface area (Å²) in [6.07, 6.45) is 6.36. The molecule has 0 bridgehead atoms. The van der Waals surface area contributed by atoms with Crippen molar-refractivity contribution in [2.24, 2.45) is 0 Å². The highest BCUT2D eigenvalue weighted by molar-refractivity contribution is 6.17. The van der Waals surface area contributed by atoms with Crippen LogP contribution >= 0.6 is 11.6 Å². The first-order chi connectivity index (χ1) is 7.83. The molecule has 0 aliphatic heterocycles. The fourth-order valence-corrected chi connectivity index (χ4v) is 1.75. The average Bonchev–Trinajstić information content (AvgIpc) is 2.89. The van der Waals surface area contributed by atoms with E-state index in [2.05, 4.69) is 26.8 Å². The van der Waals surface area contributed by atoms with Crippen LogP contribution in [0.15, 0.2) is 18.7 Å². The number of alkyl halides is 1. The Morgan fingerprint density at radius 3 is 3.06 bits per heavy atom. The lowest BCUT2D eigenvalue weighted by Gasteiger charge is -2.03. The van der Waals surface area contributed by atoms with E-state index in [1.807, 2.05) is 23.4 Å². The molecule has 0 fully saturated rings. The van der Waals surface area contributed by atoms with Crippen LogP contribution in [0.3, 0.4) is 0 Å². The molecule has 0 spiro atoms. The van der Waals surface area contributed by atoms with Crippen molar-refractivity contribution in [2.75, 3.05) is 5.88 Å². The smallest absolute Gasteiger partial charge is 0.0948 e. The van der Waals surface area contributed by atoms with Gasteiger partial charge in [-0.15, -0.1) is 16.7 Å². The molecule has 0 amide bonds. The molecule has 0 unspecified atom stereocenters. The van der Waals surface area contributed by atoms with Crippen LogP contribution < -0.4 is 0 Å². The number of aromatic nitrogens is 5. The first-order valence-corrected chi connectivity index (χ1v) is 5.81. The summed E-state index contributed by atoms with van der Waals surface area (Å²) in [7, 11) is 0. The fourth-order valence-electron chi connectivity index (χ4n) is 1.56. The van der Waals surface area contributed by atoms with E-state index in [0.717, 1.165) is 24.4 Å². The summed E-state index contributed by atoms with van der Waals surface area (Å²) in [5, 5.41) is 8.09. The highest BCUT2D eigenvalue weighted by Gasteiger charge is 2.04. The summed E-state index contributed by atoms with van der Waals surface area (Å²) in [6.45, 7) is 3.70. The molecule has 0 aliphatic rings. The Morgan fingerprint density at radius 1 is 1.44 bits per heavy atom. The quantitative estimate of drug-likeness (QED) is 0.740. The van der Waals surface area contributed by atoms with Crippen molar-refractivity contribution in [2.45, 2.75) is 26.4 Å². The highest BCUT2D eigenvalue weighted by Crippen LogP contribution is 2.03. The molecule has 2 aromatic rings. The minimum atomic E-state index is 0.575. The van der Waals surface area contributed by atoms with E-state index in [-0.39, 0.29) is 0 Å². The van der Waals surface area contributed by atoms with Crippen molar-refractivity contribution in [3.05, 3.63) is 30.1 Å². The van der Waals surface area contributed by atoms with E-state index in [9.17, 15) is 0 Å². The van der Waals surface area contributed by atoms with Gasteiger partial charge < -0.3 is 4.57 Å². The molecule has 0 atom stereocenters. The van der Waals surface area contributed by atoms with Crippen LogP contribution in [-0.4, -0.2) is 30.4 Å². The second-order valence-electron chi connectivity index (χ2n) is 3.52. The molecule has 86 valence electrons. The van der Waals surface area contributed by atoms with Gasteiger partial charge in [0.15, 0.2) is 0 Å². The van der Waals surface area contributed by atoms with Gasteiger partial charge in [-0.2, -0.15) is 0 Å². The predicted molar refractivity (Wildman–Crippen MR) is 61.4 cm³/mol. The number of hydrogen-bond acceptors (Lipinski definition) is 3. The standard InChI is InChI=1S/C10H14ClN5/c1-2-15-8-12-5-10(15)7-16-6-9(3-4-11)13-14-16/h5-6,8H,2-4,7H2,1H3. The lowest BCUT2D eigenvalue weighted by atomic mass is 10.4. The molecule has 0 aromatic carbocycles. The zero-order chi connectivity index (χ0) is 11.4. The third kappa shape index (κ3) is 2.41. The van der Waals surface area contributed by atoms with Crippen LogP contribution in [0.5, 0.6) is 0 Å². The van der Waals surface area contributed by atoms with Crippen LogP contribution in [0.1, 0.15) is 18.3 Å². The van der Waals surface area contributed by atoms with Crippen LogP contribution in [-0.2, 0) is 19.5 Å². The van der Waals surface area contributed by atoms with Gasteiger partial charge in [0, 0.05) is 25.0 Å². The Kier molecular flexibility index (Phi) is 3.56. The minimum Gasteiger partial charge on any atom is -0.333 e. The molecule has 6 heteroatoms. The molecular formula is C10H14ClN5. The molecule has 2 rings (SSSR count). The van der Waals surface area contributed by atoms with Crippen LogP contribution in [0, 0.1) is 0 Å². The Morgan fingerprint density at radius 2 is 2.31 bits per heavy atom. The molecule has 5 nitrogen and oxygen atoms in total. The van der Waals surface area contributed by atoms with Gasteiger partial charge >= 0.3 is 0 Å². The molecule has 2 aromatic heterocycles. The van der Waals surface area contributed by atoms with Gasteiger partial charge in [-0.1, -0.05) is 5.21 Å². The molecule has 2 heterocycles. The summed E-state index contributed by atoms with van der Waals surface area (Å²) < 4.78 is 3.90. The van der Waals surface area contributed by atoms with Gasteiger partial charge in [0.25, 0.3) is 0 Å². The maximum absolute atomic E-state index is 5.64. The molecule has 0 radical (unpaired) electrons. The van der Waals surface area contributed by atoms with Crippen molar-refractivity contribution in [3.8, 4) is 0 Å². The third-order valence-corrected chi connectivity index (χ3v) is 2.59. The van der Waals surface area contributed by atoms with E-state index < -0.39 is 0 Å². The molecule has 0 N–H and O–H groups in total.